The molecule has 8 nitrogen and oxygen atoms in total. The Hall–Kier alpha value is -3.13. The maximum Gasteiger partial charge on any atom is 0.241 e. The van der Waals surface area contributed by atoms with Crippen LogP contribution in [0.25, 0.3) is 22.3 Å². The van der Waals surface area contributed by atoms with Crippen molar-refractivity contribution in [2.75, 3.05) is 37.7 Å². The van der Waals surface area contributed by atoms with Gasteiger partial charge in [-0.2, -0.15) is 0 Å². The highest BCUT2D eigenvalue weighted by molar-refractivity contribution is 5.85. The lowest BCUT2D eigenvalue weighted by atomic mass is 10.0. The number of morpholine rings is 1. The summed E-state index contributed by atoms with van der Waals surface area (Å²) in [6.07, 6.45) is 4.60. The summed E-state index contributed by atoms with van der Waals surface area (Å²) in [5.74, 6) is 0.838. The average molecular weight is 448 g/mol. The molecule has 1 saturated carbocycles. The molecule has 33 heavy (non-hydrogen) atoms. The van der Waals surface area contributed by atoms with Gasteiger partial charge in [-0.25, -0.2) is 9.97 Å². The molecule has 1 amide bonds. The van der Waals surface area contributed by atoms with Crippen molar-refractivity contribution in [3.63, 3.8) is 0 Å². The third-order valence-corrected chi connectivity index (χ3v) is 6.97. The van der Waals surface area contributed by atoms with Crippen LogP contribution in [0.5, 0.6) is 5.88 Å². The smallest absolute Gasteiger partial charge is 0.241 e. The van der Waals surface area contributed by atoms with Gasteiger partial charge >= 0.3 is 0 Å². The lowest BCUT2D eigenvalue weighted by Gasteiger charge is -2.28. The Labute approximate surface area is 192 Å². The third kappa shape index (κ3) is 4.04. The van der Waals surface area contributed by atoms with Crippen LogP contribution >= 0.6 is 0 Å². The molecule has 2 saturated heterocycles. The lowest BCUT2D eigenvalue weighted by Crippen LogP contribution is -2.36. The Morgan fingerprint density at radius 2 is 1.97 bits per heavy atom. The van der Waals surface area contributed by atoms with Crippen molar-refractivity contribution in [1.29, 1.82) is 0 Å². The topological polar surface area (TPSA) is 81.5 Å². The van der Waals surface area contributed by atoms with E-state index in [0.717, 1.165) is 61.4 Å². The molecule has 1 N–H and O–H groups in total. The molecule has 2 atom stereocenters. The number of carbonyl (C=O) groups excluding carboxylic acids is 1. The van der Waals surface area contributed by atoms with Gasteiger partial charge in [0.05, 0.1) is 30.8 Å². The Balaban J connectivity index is 1.33. The van der Waals surface area contributed by atoms with Crippen LogP contribution < -0.4 is 15.0 Å². The molecule has 1 aliphatic carbocycles. The van der Waals surface area contributed by atoms with E-state index in [1.165, 1.54) is 5.69 Å². The summed E-state index contributed by atoms with van der Waals surface area (Å²) in [7, 11) is 0. The minimum absolute atomic E-state index is 0.0886. The van der Waals surface area contributed by atoms with Crippen LogP contribution in [0, 0.1) is 5.92 Å². The van der Waals surface area contributed by atoms with E-state index >= 15 is 0 Å². The predicted molar refractivity (Wildman–Crippen MR) is 125 cm³/mol. The van der Waals surface area contributed by atoms with E-state index in [-0.39, 0.29) is 17.9 Å². The van der Waals surface area contributed by atoms with Crippen LogP contribution in [0.15, 0.2) is 36.7 Å². The minimum atomic E-state index is -0.124. The largest absolute Gasteiger partial charge is 0.473 e. The number of imidazole rings is 1. The quantitative estimate of drug-likeness (QED) is 0.625. The number of ether oxygens (including phenoxy) is 2. The first-order valence-electron chi connectivity index (χ1n) is 11.9. The Kier molecular flexibility index (Phi) is 5.17. The minimum Gasteiger partial charge on any atom is -0.473 e. The van der Waals surface area contributed by atoms with Crippen molar-refractivity contribution in [2.24, 2.45) is 5.92 Å². The molecule has 3 fully saturated rings. The van der Waals surface area contributed by atoms with E-state index in [0.29, 0.717) is 24.9 Å². The van der Waals surface area contributed by atoms with Gasteiger partial charge in [-0.05, 0) is 38.0 Å². The first kappa shape index (κ1) is 20.5. The van der Waals surface area contributed by atoms with Crippen molar-refractivity contribution in [3.05, 3.63) is 36.7 Å². The van der Waals surface area contributed by atoms with Crippen LogP contribution in [0.2, 0.25) is 0 Å². The number of aromatic nitrogens is 3. The zero-order valence-corrected chi connectivity index (χ0v) is 18.9. The number of fused-ring (bicyclic) bond motifs is 1. The van der Waals surface area contributed by atoms with Crippen molar-refractivity contribution in [2.45, 2.75) is 38.3 Å². The molecule has 4 heterocycles. The highest BCUT2D eigenvalue weighted by Gasteiger charge is 2.31. The van der Waals surface area contributed by atoms with Crippen LogP contribution in [0.3, 0.4) is 0 Å². The van der Waals surface area contributed by atoms with Crippen LogP contribution in [0.1, 0.15) is 32.2 Å². The summed E-state index contributed by atoms with van der Waals surface area (Å²) < 4.78 is 14.1. The number of nitrogens with one attached hydrogen (secondary N) is 1. The van der Waals surface area contributed by atoms with Gasteiger partial charge in [0.1, 0.15) is 11.6 Å². The fourth-order valence-corrected chi connectivity index (χ4v) is 4.78. The van der Waals surface area contributed by atoms with Crippen LogP contribution in [-0.2, 0) is 9.53 Å². The maximum absolute atomic E-state index is 11.7. The molecule has 2 aliphatic heterocycles. The number of pyridine rings is 1. The number of hydrogen-bond acceptors (Lipinski definition) is 6. The van der Waals surface area contributed by atoms with Gasteiger partial charge in [-0.1, -0.05) is 12.1 Å². The Bertz CT molecular complexity index is 1160. The van der Waals surface area contributed by atoms with Gasteiger partial charge in [-0.15, -0.1) is 0 Å². The molecule has 0 unspecified atom stereocenters. The number of amides is 1. The molecule has 0 bridgehead atoms. The Morgan fingerprint density at radius 3 is 2.67 bits per heavy atom. The van der Waals surface area contributed by atoms with Gasteiger partial charge in [0.25, 0.3) is 0 Å². The normalized spacial score (nSPS) is 21.9. The molecule has 2 aromatic heterocycles. The van der Waals surface area contributed by atoms with E-state index in [1.54, 1.807) is 0 Å². The monoisotopic (exact) mass is 447 g/mol. The number of hydrogen-bond donors (Lipinski definition) is 1. The van der Waals surface area contributed by atoms with Crippen molar-refractivity contribution < 1.29 is 14.3 Å². The predicted octanol–water partition coefficient (Wildman–Crippen LogP) is 3.17. The second-order valence-electron chi connectivity index (χ2n) is 9.30. The van der Waals surface area contributed by atoms with E-state index in [2.05, 4.69) is 50.1 Å². The highest BCUT2D eigenvalue weighted by Crippen LogP contribution is 2.40. The second-order valence-corrected chi connectivity index (χ2v) is 9.30. The number of anilines is 1. The third-order valence-electron chi connectivity index (χ3n) is 6.97. The summed E-state index contributed by atoms with van der Waals surface area (Å²) in [6, 6.07) is 11.1. The first-order chi connectivity index (χ1) is 16.2. The van der Waals surface area contributed by atoms with Crippen molar-refractivity contribution in [3.8, 4) is 17.1 Å². The van der Waals surface area contributed by atoms with E-state index < -0.39 is 0 Å². The molecule has 3 aliphatic rings. The molecule has 0 radical (unpaired) electrons. The number of rotatable bonds is 6. The SMILES string of the molecule is C[C@@H](Oc1nc(-c2ccc(N3CCOCC3)cc2)cc2ncn(C3CC3)c12)[C@H]1CNC(=O)C1. The summed E-state index contributed by atoms with van der Waals surface area (Å²) in [6.45, 7) is 6.04. The molecule has 172 valence electrons. The fourth-order valence-electron chi connectivity index (χ4n) is 4.78. The maximum atomic E-state index is 11.7. The summed E-state index contributed by atoms with van der Waals surface area (Å²) in [5.41, 5.74) is 4.93. The first-order valence-corrected chi connectivity index (χ1v) is 11.9. The summed E-state index contributed by atoms with van der Waals surface area (Å²) >= 11 is 0. The molecule has 1 aromatic carbocycles. The molecule has 8 heteroatoms. The zero-order chi connectivity index (χ0) is 22.4. The second kappa shape index (κ2) is 8.33. The fraction of sp³-hybridized carbons (Fsp3) is 0.480. The van der Waals surface area contributed by atoms with Gasteiger partial charge in [-0.3, -0.25) is 4.79 Å². The van der Waals surface area contributed by atoms with E-state index in [4.69, 9.17) is 14.5 Å². The molecular formula is C25H29N5O3. The van der Waals surface area contributed by atoms with Gasteiger partial charge in [0, 0.05) is 49.3 Å². The van der Waals surface area contributed by atoms with Gasteiger partial charge in [0.15, 0.2) is 0 Å². The van der Waals surface area contributed by atoms with Crippen LogP contribution in [0.4, 0.5) is 5.69 Å². The molecule has 6 rings (SSSR count). The van der Waals surface area contributed by atoms with Gasteiger partial charge in [0.2, 0.25) is 11.8 Å². The summed E-state index contributed by atoms with van der Waals surface area (Å²) in [4.78, 5) is 23.7. The standard InChI is InChI=1S/C25H29N5O3/c1-16(18-12-23(31)26-14-18)33-25-24-22(27-15-30(24)20-6-7-20)13-21(28-25)17-2-4-19(5-3-17)29-8-10-32-11-9-29/h2-5,13,15-16,18,20H,6-12,14H2,1H3,(H,26,31)/t16-,18-/m1/s1. The molecule has 3 aromatic rings. The van der Waals surface area contributed by atoms with Gasteiger partial charge < -0.3 is 24.3 Å². The Morgan fingerprint density at radius 1 is 1.18 bits per heavy atom. The number of carbonyl (C=O) groups is 1. The number of benzene rings is 1. The van der Waals surface area contributed by atoms with Crippen molar-refractivity contribution in [1.82, 2.24) is 19.9 Å². The van der Waals surface area contributed by atoms with Crippen LogP contribution in [-0.4, -0.2) is 59.4 Å². The zero-order valence-electron chi connectivity index (χ0n) is 18.9. The average Bonchev–Trinajstić information content (AvgIpc) is 3.45. The molecule has 0 spiro atoms. The van der Waals surface area contributed by atoms with Crippen molar-refractivity contribution >= 4 is 22.6 Å². The number of nitrogens with zero attached hydrogens (tertiary/aromatic N) is 4. The highest BCUT2D eigenvalue weighted by atomic mass is 16.5. The lowest BCUT2D eigenvalue weighted by molar-refractivity contribution is -0.119. The van der Waals surface area contributed by atoms with E-state index in [1.807, 2.05) is 13.3 Å². The summed E-state index contributed by atoms with van der Waals surface area (Å²) in [5, 5.41) is 2.91. The molecular weight excluding hydrogens is 418 g/mol. The van der Waals surface area contributed by atoms with E-state index in [9.17, 15) is 4.79 Å².